The van der Waals surface area contributed by atoms with Gasteiger partial charge in [-0.15, -0.1) is 0 Å². The molecule has 0 saturated heterocycles. The number of benzene rings is 4. The predicted molar refractivity (Wildman–Crippen MR) is 160 cm³/mol. The van der Waals surface area contributed by atoms with Crippen LogP contribution in [0.4, 0.5) is 0 Å². The zero-order valence-corrected chi connectivity index (χ0v) is 21.5. The number of rotatable bonds is 5. The van der Waals surface area contributed by atoms with E-state index in [1.165, 1.54) is 10.8 Å². The van der Waals surface area contributed by atoms with Crippen LogP contribution in [-0.4, -0.2) is 24.9 Å². The summed E-state index contributed by atoms with van der Waals surface area (Å²) >= 11 is 0. The van der Waals surface area contributed by atoms with Crippen molar-refractivity contribution in [3.8, 4) is 56.8 Å². The van der Waals surface area contributed by atoms with Crippen LogP contribution in [0.25, 0.3) is 67.6 Å². The first kappa shape index (κ1) is 23.6. The zero-order chi connectivity index (χ0) is 26.7. The number of hydrogen-bond donors (Lipinski definition) is 0. The summed E-state index contributed by atoms with van der Waals surface area (Å²) in [5, 5.41) is 2.37. The fourth-order valence-electron chi connectivity index (χ4n) is 4.75. The highest BCUT2D eigenvalue weighted by Crippen LogP contribution is 2.28. The molecule has 5 nitrogen and oxygen atoms in total. The molecule has 0 aliphatic rings. The van der Waals surface area contributed by atoms with Gasteiger partial charge < -0.3 is 0 Å². The maximum atomic E-state index is 4.92. The van der Waals surface area contributed by atoms with Crippen LogP contribution in [0, 0.1) is 0 Å². The van der Waals surface area contributed by atoms with Crippen molar-refractivity contribution in [1.29, 1.82) is 0 Å². The fourth-order valence-corrected chi connectivity index (χ4v) is 4.75. The number of hydrogen-bond acceptors (Lipinski definition) is 5. The largest absolute Gasteiger partial charge is 0.241 e. The molecule has 0 spiro atoms. The maximum Gasteiger partial charge on any atom is 0.179 e. The molecule has 3 heterocycles. The Morgan fingerprint density at radius 2 is 0.925 bits per heavy atom. The summed E-state index contributed by atoms with van der Waals surface area (Å²) in [6.07, 6.45) is 1.78. The third-order valence-corrected chi connectivity index (χ3v) is 6.77. The fraction of sp³-hybridized carbons (Fsp3) is 0. The van der Waals surface area contributed by atoms with Crippen molar-refractivity contribution in [3.05, 3.63) is 140 Å². The summed E-state index contributed by atoms with van der Waals surface area (Å²) in [5.41, 5.74) is 6.91. The van der Waals surface area contributed by atoms with Crippen molar-refractivity contribution < 1.29 is 0 Å². The Bertz CT molecular complexity index is 1900. The maximum absolute atomic E-state index is 4.92. The molecule has 3 aromatic heterocycles. The van der Waals surface area contributed by atoms with Gasteiger partial charge in [-0.3, -0.25) is 0 Å². The second kappa shape index (κ2) is 10.3. The average Bonchev–Trinajstić information content (AvgIpc) is 3.05. The lowest BCUT2D eigenvalue weighted by atomic mass is 10.0. The van der Waals surface area contributed by atoms with Crippen LogP contribution < -0.4 is 0 Å². The van der Waals surface area contributed by atoms with Gasteiger partial charge in [-0.1, -0.05) is 103 Å². The van der Waals surface area contributed by atoms with Gasteiger partial charge in [-0.25, -0.2) is 24.9 Å². The second-order valence-corrected chi connectivity index (χ2v) is 9.43. The lowest BCUT2D eigenvalue weighted by Crippen LogP contribution is -1.99. The topological polar surface area (TPSA) is 64.5 Å². The zero-order valence-electron chi connectivity index (χ0n) is 21.5. The summed E-state index contributed by atoms with van der Waals surface area (Å²) in [5.74, 6) is 1.10. The van der Waals surface area contributed by atoms with Crippen molar-refractivity contribution in [2.45, 2.75) is 0 Å². The Balaban J connectivity index is 1.30. The summed E-state index contributed by atoms with van der Waals surface area (Å²) in [7, 11) is 0. The first-order chi connectivity index (χ1) is 19.8. The molecular formula is C35H23N5. The standard InChI is InChI=1S/C35H23N5/c1-3-11-25(12-4-1)32-23-33(26-13-5-2-6-14-26)40-35(39-32)31-17-9-16-30(37-31)34-36-21-20-29(38-34)28-19-18-24-10-7-8-15-27(24)22-28/h1-23H. The molecule has 0 fully saturated rings. The molecule has 188 valence electrons. The van der Waals surface area contributed by atoms with E-state index in [9.17, 15) is 0 Å². The first-order valence-corrected chi connectivity index (χ1v) is 13.1. The Morgan fingerprint density at radius 3 is 1.62 bits per heavy atom. The molecule has 4 aromatic carbocycles. The van der Waals surface area contributed by atoms with Crippen LogP contribution in [0.3, 0.4) is 0 Å². The Hall–Kier alpha value is -5.55. The van der Waals surface area contributed by atoms with Crippen LogP contribution in [0.5, 0.6) is 0 Å². The summed E-state index contributed by atoms with van der Waals surface area (Å²) < 4.78 is 0. The van der Waals surface area contributed by atoms with E-state index in [2.05, 4.69) is 59.6 Å². The molecule has 0 radical (unpaired) electrons. The second-order valence-electron chi connectivity index (χ2n) is 9.43. The molecule has 0 amide bonds. The lowest BCUT2D eigenvalue weighted by molar-refractivity contribution is 1.12. The van der Waals surface area contributed by atoms with Crippen molar-refractivity contribution in [3.63, 3.8) is 0 Å². The number of fused-ring (bicyclic) bond motifs is 1. The molecule has 0 atom stereocenters. The number of pyridine rings is 1. The van der Waals surface area contributed by atoms with E-state index in [1.807, 2.05) is 78.9 Å². The van der Waals surface area contributed by atoms with Crippen molar-refractivity contribution >= 4 is 10.8 Å². The van der Waals surface area contributed by atoms with Gasteiger partial charge in [0.05, 0.1) is 17.1 Å². The summed E-state index contributed by atoms with van der Waals surface area (Å²) in [6, 6.07) is 44.7. The van der Waals surface area contributed by atoms with Crippen LogP contribution in [-0.2, 0) is 0 Å². The molecule has 5 heteroatoms. The van der Waals surface area contributed by atoms with Gasteiger partial charge in [0.15, 0.2) is 11.6 Å². The van der Waals surface area contributed by atoms with Crippen LogP contribution >= 0.6 is 0 Å². The molecule has 7 rings (SSSR count). The SMILES string of the molecule is c1ccc(-c2cc(-c3ccccc3)nc(-c3cccc(-c4nccc(-c5ccc6ccccc6c5)n4)n3)n2)cc1. The number of aromatic nitrogens is 5. The quantitative estimate of drug-likeness (QED) is 0.232. The minimum atomic E-state index is 0.549. The van der Waals surface area contributed by atoms with Gasteiger partial charge in [-0.2, -0.15) is 0 Å². The molecule has 0 aliphatic carbocycles. The smallest absolute Gasteiger partial charge is 0.179 e. The highest BCUT2D eigenvalue weighted by Gasteiger charge is 2.13. The average molecular weight is 514 g/mol. The third-order valence-electron chi connectivity index (χ3n) is 6.77. The van der Waals surface area contributed by atoms with Crippen molar-refractivity contribution in [1.82, 2.24) is 24.9 Å². The Kier molecular flexibility index (Phi) is 6.07. The van der Waals surface area contributed by atoms with Crippen molar-refractivity contribution in [2.24, 2.45) is 0 Å². The van der Waals surface area contributed by atoms with Crippen LogP contribution in [0.15, 0.2) is 140 Å². The molecule has 0 aliphatic heterocycles. The molecule has 0 saturated carbocycles. The van der Waals surface area contributed by atoms with Gasteiger partial charge in [0.1, 0.15) is 11.4 Å². The van der Waals surface area contributed by atoms with Gasteiger partial charge >= 0.3 is 0 Å². The normalized spacial score (nSPS) is 11.0. The van der Waals surface area contributed by atoms with Gasteiger partial charge in [0.2, 0.25) is 0 Å². The minimum absolute atomic E-state index is 0.549. The first-order valence-electron chi connectivity index (χ1n) is 13.1. The highest BCUT2D eigenvalue weighted by atomic mass is 15.0. The van der Waals surface area contributed by atoms with E-state index in [0.29, 0.717) is 23.0 Å². The van der Waals surface area contributed by atoms with Crippen LogP contribution in [0.2, 0.25) is 0 Å². The van der Waals surface area contributed by atoms with E-state index in [0.717, 1.165) is 33.8 Å². The van der Waals surface area contributed by atoms with E-state index in [1.54, 1.807) is 6.20 Å². The Morgan fingerprint density at radius 1 is 0.325 bits per heavy atom. The molecule has 40 heavy (non-hydrogen) atoms. The van der Waals surface area contributed by atoms with E-state index < -0.39 is 0 Å². The molecule has 7 aromatic rings. The lowest BCUT2D eigenvalue weighted by Gasteiger charge is -2.10. The van der Waals surface area contributed by atoms with Crippen molar-refractivity contribution in [2.75, 3.05) is 0 Å². The van der Waals surface area contributed by atoms with Crippen LogP contribution in [0.1, 0.15) is 0 Å². The minimum Gasteiger partial charge on any atom is -0.241 e. The monoisotopic (exact) mass is 513 g/mol. The van der Waals surface area contributed by atoms with E-state index >= 15 is 0 Å². The van der Waals surface area contributed by atoms with E-state index in [4.69, 9.17) is 19.9 Å². The number of nitrogens with zero attached hydrogens (tertiary/aromatic N) is 5. The molecule has 0 unspecified atom stereocenters. The molecule has 0 N–H and O–H groups in total. The summed E-state index contributed by atoms with van der Waals surface area (Å²) in [4.78, 5) is 24.2. The summed E-state index contributed by atoms with van der Waals surface area (Å²) in [6.45, 7) is 0. The van der Waals surface area contributed by atoms with Gasteiger partial charge in [-0.05, 0) is 41.1 Å². The predicted octanol–water partition coefficient (Wildman–Crippen LogP) is 8.15. The highest BCUT2D eigenvalue weighted by molar-refractivity contribution is 5.86. The van der Waals surface area contributed by atoms with E-state index in [-0.39, 0.29) is 0 Å². The Labute approximate surface area is 231 Å². The molecule has 0 bridgehead atoms. The van der Waals surface area contributed by atoms with Gasteiger partial charge in [0, 0.05) is 22.9 Å². The third kappa shape index (κ3) is 4.72. The van der Waals surface area contributed by atoms with Gasteiger partial charge in [0.25, 0.3) is 0 Å². The molecular weight excluding hydrogens is 490 g/mol.